The highest BCUT2D eigenvalue weighted by Crippen LogP contribution is 2.24. The smallest absolute Gasteiger partial charge is 0.121 e. The molecular weight excluding hydrogens is 346 g/mol. The van der Waals surface area contributed by atoms with Gasteiger partial charge in [-0.3, -0.25) is 4.98 Å². The lowest BCUT2D eigenvalue weighted by Gasteiger charge is -1.97. The molecule has 3 aromatic rings. The number of aromatic nitrogens is 3. The molecule has 0 radical (unpaired) electrons. The predicted molar refractivity (Wildman–Crippen MR) is 115 cm³/mol. The Kier molecular flexibility index (Phi) is 13.1. The second-order valence-electron chi connectivity index (χ2n) is 5.21. The van der Waals surface area contributed by atoms with E-state index in [9.17, 15) is 0 Å². The summed E-state index contributed by atoms with van der Waals surface area (Å²) in [6.45, 7) is 10.5. The van der Waals surface area contributed by atoms with Gasteiger partial charge in [0.1, 0.15) is 5.82 Å². The lowest BCUT2D eigenvalue weighted by molar-refractivity contribution is 0.772. The van der Waals surface area contributed by atoms with Crippen LogP contribution < -0.4 is 5.73 Å². The van der Waals surface area contributed by atoms with Gasteiger partial charge in [-0.1, -0.05) is 58.6 Å². The average Bonchev–Trinajstić information content (AvgIpc) is 3.09. The third kappa shape index (κ3) is 7.50. The first-order valence-electron chi connectivity index (χ1n) is 9.19. The Morgan fingerprint density at radius 1 is 1.23 bits per heavy atom. The fourth-order valence-electron chi connectivity index (χ4n) is 2.13. The molecule has 0 bridgehead atoms. The molecule has 5 nitrogen and oxygen atoms in total. The molecule has 3 rings (SSSR count). The van der Waals surface area contributed by atoms with Crippen LogP contribution in [0.15, 0.2) is 24.4 Å². The Balaban J connectivity index is 0.000000530. The van der Waals surface area contributed by atoms with E-state index in [1.807, 2.05) is 32.0 Å². The van der Waals surface area contributed by atoms with Crippen LogP contribution in [0, 0.1) is 5.41 Å². The van der Waals surface area contributed by atoms with Crippen LogP contribution >= 0.6 is 11.6 Å². The van der Waals surface area contributed by atoms with Crippen LogP contribution in [0.1, 0.15) is 59.7 Å². The van der Waals surface area contributed by atoms with Crippen molar-refractivity contribution in [2.45, 2.75) is 60.4 Å². The molecular formula is C20H32ClN5. The highest BCUT2D eigenvalue weighted by atomic mass is 35.5. The van der Waals surface area contributed by atoms with Gasteiger partial charge in [0.2, 0.25) is 0 Å². The number of hydrogen-bond donors (Lipinski definition) is 3. The van der Waals surface area contributed by atoms with E-state index in [1.54, 1.807) is 13.1 Å². The van der Waals surface area contributed by atoms with E-state index < -0.39 is 0 Å². The first-order chi connectivity index (χ1) is 12.6. The quantitative estimate of drug-likeness (QED) is 0.481. The first kappa shape index (κ1) is 24.0. The normalized spacial score (nSPS) is 9.35. The molecule has 0 aliphatic heterocycles. The van der Waals surface area contributed by atoms with E-state index in [-0.39, 0.29) is 0 Å². The fourth-order valence-corrected chi connectivity index (χ4v) is 2.30. The number of fused-ring (bicyclic) bond motifs is 3. The van der Waals surface area contributed by atoms with Crippen molar-refractivity contribution < 1.29 is 0 Å². The molecule has 0 spiro atoms. The van der Waals surface area contributed by atoms with Crippen molar-refractivity contribution in [2.75, 3.05) is 0 Å². The van der Waals surface area contributed by atoms with Gasteiger partial charge in [0.15, 0.2) is 0 Å². The van der Waals surface area contributed by atoms with Crippen molar-refractivity contribution in [1.29, 1.82) is 5.41 Å². The van der Waals surface area contributed by atoms with Crippen molar-refractivity contribution in [3.05, 3.63) is 35.2 Å². The Hall–Kier alpha value is -1.98. The molecule has 0 fully saturated rings. The molecule has 0 aliphatic rings. The molecule has 0 atom stereocenters. The van der Waals surface area contributed by atoms with E-state index in [1.165, 1.54) is 25.5 Å². The zero-order valence-electron chi connectivity index (χ0n) is 16.6. The summed E-state index contributed by atoms with van der Waals surface area (Å²) in [7, 11) is 0. The molecule has 6 heteroatoms. The number of H-pyrrole nitrogens is 1. The summed E-state index contributed by atoms with van der Waals surface area (Å²) in [5.74, 6) is 0.754. The van der Waals surface area contributed by atoms with Crippen molar-refractivity contribution in [2.24, 2.45) is 5.73 Å². The van der Waals surface area contributed by atoms with Crippen molar-refractivity contribution in [1.82, 2.24) is 15.0 Å². The third-order valence-electron chi connectivity index (χ3n) is 3.23. The van der Waals surface area contributed by atoms with Crippen LogP contribution in [0.5, 0.6) is 0 Å². The zero-order valence-corrected chi connectivity index (χ0v) is 17.3. The zero-order chi connectivity index (χ0) is 19.9. The summed E-state index contributed by atoms with van der Waals surface area (Å²) in [4.78, 5) is 11.9. The van der Waals surface area contributed by atoms with E-state index in [2.05, 4.69) is 28.8 Å². The number of halogens is 1. The van der Waals surface area contributed by atoms with Crippen LogP contribution in [-0.4, -0.2) is 21.2 Å². The number of imidazole rings is 1. The molecule has 0 saturated heterocycles. The van der Waals surface area contributed by atoms with Crippen LogP contribution in [0.4, 0.5) is 0 Å². The average molecular weight is 378 g/mol. The summed E-state index contributed by atoms with van der Waals surface area (Å²) in [6.07, 6.45) is 7.09. The number of nitrogens with two attached hydrogens (primary N) is 1. The van der Waals surface area contributed by atoms with Gasteiger partial charge >= 0.3 is 0 Å². The first-order valence-corrected chi connectivity index (χ1v) is 9.56. The third-order valence-corrected chi connectivity index (χ3v) is 3.46. The monoisotopic (exact) mass is 377 g/mol. The summed E-state index contributed by atoms with van der Waals surface area (Å²) in [5, 5.41) is 7.71. The van der Waals surface area contributed by atoms with E-state index in [0.29, 0.717) is 11.6 Å². The molecule has 4 N–H and O–H groups in total. The molecule has 2 aromatic heterocycles. The number of nitrogens with zero attached hydrogens (tertiary/aromatic N) is 2. The number of unbranched alkanes of at least 4 members (excludes halogenated alkanes) is 2. The highest BCUT2D eigenvalue weighted by Gasteiger charge is 2.07. The minimum Gasteiger partial charge on any atom is -0.340 e. The van der Waals surface area contributed by atoms with E-state index in [4.69, 9.17) is 22.7 Å². The van der Waals surface area contributed by atoms with Gasteiger partial charge in [0.05, 0.1) is 29.3 Å². The largest absolute Gasteiger partial charge is 0.340 e. The lowest BCUT2D eigenvalue weighted by atomic mass is 10.2. The second-order valence-corrected chi connectivity index (χ2v) is 5.65. The molecule has 0 unspecified atom stereocenters. The van der Waals surface area contributed by atoms with Crippen molar-refractivity contribution in [3.8, 4) is 0 Å². The number of aromatic amines is 1. The van der Waals surface area contributed by atoms with Gasteiger partial charge in [-0.25, -0.2) is 4.98 Å². The van der Waals surface area contributed by atoms with E-state index in [0.717, 1.165) is 27.8 Å². The van der Waals surface area contributed by atoms with Crippen molar-refractivity contribution >= 4 is 39.8 Å². The minimum absolute atomic E-state index is 0.386. The maximum absolute atomic E-state index is 6.08. The minimum atomic E-state index is 0.386. The number of pyridine rings is 1. The highest BCUT2D eigenvalue weighted by molar-refractivity contribution is 6.31. The Bertz CT molecular complexity index is 765. The molecule has 144 valence electrons. The fraction of sp³-hybridized carbons (Fsp3) is 0.450. The molecule has 0 amide bonds. The van der Waals surface area contributed by atoms with Crippen LogP contribution in [0.3, 0.4) is 0 Å². The number of rotatable bonds is 3. The topological polar surface area (TPSA) is 91.4 Å². The predicted octanol–water partition coefficient (Wildman–Crippen LogP) is 6.10. The maximum Gasteiger partial charge on any atom is 0.121 e. The summed E-state index contributed by atoms with van der Waals surface area (Å²) in [6, 6.07) is 5.57. The molecule has 2 heterocycles. The molecule has 0 aliphatic carbocycles. The number of nitrogens with one attached hydrogen (secondary N) is 2. The lowest BCUT2D eigenvalue weighted by Crippen LogP contribution is -1.97. The SMILES string of the molecule is CC.CC=N.CCCCC.NCc1nc2c(cnc3ccc(Cl)cc32)[nH]1. The Labute approximate surface area is 161 Å². The second kappa shape index (κ2) is 14.2. The van der Waals surface area contributed by atoms with Gasteiger partial charge in [0, 0.05) is 10.4 Å². The molecule has 26 heavy (non-hydrogen) atoms. The van der Waals surface area contributed by atoms with Crippen LogP contribution in [0.25, 0.3) is 21.9 Å². The molecule has 0 saturated carbocycles. The van der Waals surface area contributed by atoms with Crippen LogP contribution in [0.2, 0.25) is 5.02 Å². The summed E-state index contributed by atoms with van der Waals surface area (Å²) >= 11 is 5.97. The van der Waals surface area contributed by atoms with Gasteiger partial charge in [-0.15, -0.1) is 0 Å². The maximum atomic E-state index is 6.08. The van der Waals surface area contributed by atoms with Gasteiger partial charge < -0.3 is 16.1 Å². The summed E-state index contributed by atoms with van der Waals surface area (Å²) < 4.78 is 0. The van der Waals surface area contributed by atoms with Gasteiger partial charge in [0.25, 0.3) is 0 Å². The van der Waals surface area contributed by atoms with Crippen molar-refractivity contribution in [3.63, 3.8) is 0 Å². The number of hydrogen-bond acceptors (Lipinski definition) is 4. The van der Waals surface area contributed by atoms with Gasteiger partial charge in [-0.05, 0) is 31.3 Å². The Morgan fingerprint density at radius 2 is 1.85 bits per heavy atom. The Morgan fingerprint density at radius 3 is 2.35 bits per heavy atom. The number of benzene rings is 1. The van der Waals surface area contributed by atoms with E-state index >= 15 is 0 Å². The van der Waals surface area contributed by atoms with Crippen LogP contribution in [-0.2, 0) is 6.54 Å². The molecule has 1 aromatic carbocycles. The van der Waals surface area contributed by atoms with Gasteiger partial charge in [-0.2, -0.15) is 0 Å². The standard InChI is InChI=1S/C11H9ClN4.C5H12.C2H5N.C2H6/c12-6-1-2-8-7(3-6)11-9(5-14-8)15-10(4-13)16-11;1-3-5-4-2;1-2-3;1-2/h1-3,5H,4,13H2,(H,15,16);3-5H2,1-2H3;2-3H,1H3;1-2H3. The summed E-state index contributed by atoms with van der Waals surface area (Å²) in [5.41, 5.74) is 8.18.